The van der Waals surface area contributed by atoms with Gasteiger partial charge in [0.1, 0.15) is 11.6 Å². The molecule has 1 saturated heterocycles. The van der Waals surface area contributed by atoms with E-state index >= 15 is 0 Å². The van der Waals surface area contributed by atoms with E-state index in [-0.39, 0.29) is 11.9 Å². The number of esters is 1. The summed E-state index contributed by atoms with van der Waals surface area (Å²) in [7, 11) is 1.63. The van der Waals surface area contributed by atoms with E-state index in [4.69, 9.17) is 30.3 Å². The number of nitrogens with zero attached hydrogens (tertiary/aromatic N) is 5. The normalized spacial score (nSPS) is 15.7. The highest BCUT2D eigenvalue weighted by Crippen LogP contribution is 2.37. The molecule has 0 amide bonds. The van der Waals surface area contributed by atoms with Crippen molar-refractivity contribution < 1.29 is 14.3 Å². The lowest BCUT2D eigenvalue weighted by Gasteiger charge is -2.31. The molecule has 0 radical (unpaired) electrons. The zero-order chi connectivity index (χ0) is 25.1. The van der Waals surface area contributed by atoms with Crippen molar-refractivity contribution in [3.8, 4) is 17.0 Å². The second-order valence-electron chi connectivity index (χ2n) is 8.84. The molecule has 2 aromatic heterocycles. The number of nitrogens with two attached hydrogens (primary N) is 1. The van der Waals surface area contributed by atoms with Gasteiger partial charge in [0.25, 0.3) is 0 Å². The van der Waals surface area contributed by atoms with Crippen LogP contribution in [0.25, 0.3) is 22.3 Å². The molecule has 2 aromatic carbocycles. The van der Waals surface area contributed by atoms with Crippen molar-refractivity contribution in [3.63, 3.8) is 0 Å². The van der Waals surface area contributed by atoms with Gasteiger partial charge in [0.05, 0.1) is 37.3 Å². The molecule has 4 aromatic rings. The number of para-hydroxylation sites is 1. The highest BCUT2D eigenvalue weighted by atomic mass is 16.5. The predicted octanol–water partition coefficient (Wildman–Crippen LogP) is 3.91. The molecule has 2 N–H and O–H groups in total. The van der Waals surface area contributed by atoms with Gasteiger partial charge >= 0.3 is 5.97 Å². The second kappa shape index (κ2) is 10.2. The summed E-state index contributed by atoms with van der Waals surface area (Å²) < 4.78 is 12.7. The molecule has 9 nitrogen and oxygen atoms in total. The van der Waals surface area contributed by atoms with Gasteiger partial charge in [-0.25, -0.2) is 9.67 Å². The van der Waals surface area contributed by atoms with Crippen LogP contribution in [0.1, 0.15) is 25.3 Å². The first-order valence-electron chi connectivity index (χ1n) is 12.2. The smallest absolute Gasteiger partial charge is 0.310 e. The molecule has 1 aliphatic heterocycles. The molecule has 1 fully saturated rings. The van der Waals surface area contributed by atoms with Crippen LogP contribution in [0.5, 0.6) is 5.75 Å². The maximum atomic E-state index is 12.4. The van der Waals surface area contributed by atoms with Crippen LogP contribution in [0.15, 0.2) is 54.6 Å². The molecule has 0 aliphatic carbocycles. The van der Waals surface area contributed by atoms with Crippen LogP contribution >= 0.6 is 0 Å². The van der Waals surface area contributed by atoms with E-state index in [9.17, 15) is 4.79 Å². The van der Waals surface area contributed by atoms with Crippen LogP contribution in [-0.2, 0) is 16.1 Å². The van der Waals surface area contributed by atoms with Crippen LogP contribution in [0.4, 0.5) is 11.8 Å². The SMILES string of the molecule is CCOC(=O)[C@H]1CCCN(c2nc(-c3ccccc3OC)c3c(N)n(Cc4ccccc4)nc3n2)C1. The summed E-state index contributed by atoms with van der Waals surface area (Å²) in [6.07, 6.45) is 1.63. The number of benzene rings is 2. The first-order chi connectivity index (χ1) is 17.6. The third-order valence-electron chi connectivity index (χ3n) is 6.49. The van der Waals surface area contributed by atoms with E-state index in [0.29, 0.717) is 53.9 Å². The zero-order valence-electron chi connectivity index (χ0n) is 20.6. The number of anilines is 2. The van der Waals surface area contributed by atoms with E-state index in [1.165, 1.54) is 0 Å². The second-order valence-corrected chi connectivity index (χ2v) is 8.84. The molecule has 0 unspecified atom stereocenters. The first kappa shape index (κ1) is 23.6. The molecule has 9 heteroatoms. The number of hydrogen-bond acceptors (Lipinski definition) is 8. The summed E-state index contributed by atoms with van der Waals surface area (Å²) in [5.41, 5.74) is 9.69. The molecule has 36 heavy (non-hydrogen) atoms. The van der Waals surface area contributed by atoms with Crippen LogP contribution in [-0.4, -0.2) is 52.5 Å². The molecule has 186 valence electrons. The number of methoxy groups -OCH3 is 1. The molecule has 1 atom stereocenters. The number of ether oxygens (including phenoxy) is 2. The summed E-state index contributed by atoms with van der Waals surface area (Å²) in [4.78, 5) is 24.3. The standard InChI is InChI=1S/C27H30N6O3/c1-3-36-26(34)19-12-9-15-32(17-19)27-29-23(20-13-7-8-14-21(20)35-2)22-24(28)33(31-25(22)30-27)16-18-10-5-4-6-11-18/h4-8,10-11,13-14,19H,3,9,12,15-17,28H2,1-2H3/t19-/m0/s1. The minimum atomic E-state index is -0.214. The van der Waals surface area contributed by atoms with Crippen molar-refractivity contribution in [1.29, 1.82) is 0 Å². The molecule has 0 spiro atoms. The molecular weight excluding hydrogens is 456 g/mol. The van der Waals surface area contributed by atoms with Gasteiger partial charge in [0.15, 0.2) is 5.65 Å². The van der Waals surface area contributed by atoms with Gasteiger partial charge in [0.2, 0.25) is 5.95 Å². The number of rotatable bonds is 7. The van der Waals surface area contributed by atoms with Crippen LogP contribution in [0.2, 0.25) is 0 Å². The van der Waals surface area contributed by atoms with Crippen LogP contribution in [0, 0.1) is 5.92 Å². The van der Waals surface area contributed by atoms with Gasteiger partial charge in [-0.3, -0.25) is 4.79 Å². The minimum absolute atomic E-state index is 0.176. The number of nitrogen functional groups attached to an aromatic ring is 1. The Hall–Kier alpha value is -4.14. The van der Waals surface area contributed by atoms with Crippen molar-refractivity contribution in [2.45, 2.75) is 26.3 Å². The lowest BCUT2D eigenvalue weighted by Crippen LogP contribution is -2.40. The third kappa shape index (κ3) is 4.56. The van der Waals surface area contributed by atoms with Crippen LogP contribution in [0.3, 0.4) is 0 Å². The van der Waals surface area contributed by atoms with Gasteiger partial charge in [-0.2, -0.15) is 4.98 Å². The number of piperidine rings is 1. The highest BCUT2D eigenvalue weighted by molar-refractivity contribution is 6.00. The fourth-order valence-corrected chi connectivity index (χ4v) is 4.71. The molecule has 1 aliphatic rings. The first-order valence-corrected chi connectivity index (χ1v) is 12.2. The third-order valence-corrected chi connectivity index (χ3v) is 6.49. The Morgan fingerprint density at radius 2 is 1.89 bits per heavy atom. The van der Waals surface area contributed by atoms with Crippen molar-refractivity contribution >= 4 is 28.8 Å². The van der Waals surface area contributed by atoms with Crippen LogP contribution < -0.4 is 15.4 Å². The van der Waals surface area contributed by atoms with Crippen molar-refractivity contribution in [2.24, 2.45) is 5.92 Å². The van der Waals surface area contributed by atoms with Gasteiger partial charge in [-0.1, -0.05) is 42.5 Å². The topological polar surface area (TPSA) is 108 Å². The largest absolute Gasteiger partial charge is 0.496 e. The summed E-state index contributed by atoms with van der Waals surface area (Å²) in [6, 6.07) is 17.7. The molecule has 5 rings (SSSR count). The Kier molecular flexibility index (Phi) is 6.71. The Labute approximate surface area is 209 Å². The Bertz CT molecular complexity index is 1370. The van der Waals surface area contributed by atoms with Crippen molar-refractivity contribution in [3.05, 3.63) is 60.2 Å². The highest BCUT2D eigenvalue weighted by Gasteiger charge is 2.30. The van der Waals surface area contributed by atoms with Gasteiger partial charge in [-0.05, 0) is 37.5 Å². The van der Waals surface area contributed by atoms with Gasteiger partial charge in [0, 0.05) is 18.7 Å². The Morgan fingerprint density at radius 1 is 1.11 bits per heavy atom. The van der Waals surface area contributed by atoms with E-state index in [0.717, 1.165) is 30.5 Å². The summed E-state index contributed by atoms with van der Waals surface area (Å²) in [5.74, 6) is 1.30. The number of fused-ring (bicyclic) bond motifs is 1. The average molecular weight is 487 g/mol. The number of carbonyl (C=O) groups excluding carboxylic acids is 1. The number of aromatic nitrogens is 4. The maximum absolute atomic E-state index is 12.4. The Balaban J connectivity index is 1.62. The van der Waals surface area contributed by atoms with E-state index in [2.05, 4.69) is 0 Å². The van der Waals surface area contributed by atoms with Gasteiger partial charge < -0.3 is 20.1 Å². The maximum Gasteiger partial charge on any atom is 0.310 e. The van der Waals surface area contributed by atoms with E-state index in [1.807, 2.05) is 66.4 Å². The predicted molar refractivity (Wildman–Crippen MR) is 139 cm³/mol. The lowest BCUT2D eigenvalue weighted by atomic mass is 9.98. The monoisotopic (exact) mass is 486 g/mol. The summed E-state index contributed by atoms with van der Waals surface area (Å²) >= 11 is 0. The molecular formula is C27H30N6O3. The van der Waals surface area contributed by atoms with E-state index < -0.39 is 0 Å². The summed E-state index contributed by atoms with van der Waals surface area (Å²) in [6.45, 7) is 3.94. The average Bonchev–Trinajstić information content (AvgIpc) is 3.23. The quantitative estimate of drug-likeness (QED) is 0.392. The van der Waals surface area contributed by atoms with Crippen molar-refractivity contribution in [2.75, 3.05) is 37.4 Å². The number of carbonyl (C=O) groups is 1. The zero-order valence-corrected chi connectivity index (χ0v) is 20.6. The fourth-order valence-electron chi connectivity index (χ4n) is 4.71. The fraction of sp³-hybridized carbons (Fsp3) is 0.333. The number of hydrogen-bond donors (Lipinski definition) is 1. The lowest BCUT2D eigenvalue weighted by molar-refractivity contribution is -0.148. The molecule has 0 saturated carbocycles. The molecule has 0 bridgehead atoms. The van der Waals surface area contributed by atoms with E-state index in [1.54, 1.807) is 11.8 Å². The van der Waals surface area contributed by atoms with Crippen molar-refractivity contribution in [1.82, 2.24) is 19.7 Å². The molecule has 3 heterocycles. The Morgan fingerprint density at radius 3 is 2.67 bits per heavy atom. The van der Waals surface area contributed by atoms with Gasteiger partial charge in [-0.15, -0.1) is 5.10 Å². The minimum Gasteiger partial charge on any atom is -0.496 e. The summed E-state index contributed by atoms with van der Waals surface area (Å²) in [5, 5.41) is 5.45.